The molecular formula is C17H10F3N5OS. The zero-order valence-corrected chi connectivity index (χ0v) is 14.3. The third-order valence-corrected chi connectivity index (χ3v) is 4.44. The summed E-state index contributed by atoms with van der Waals surface area (Å²) < 4.78 is 44.9. The predicted molar refractivity (Wildman–Crippen MR) is 90.7 cm³/mol. The van der Waals surface area contributed by atoms with Crippen LogP contribution in [0.4, 0.5) is 13.2 Å². The van der Waals surface area contributed by atoms with Gasteiger partial charge in [0.05, 0.1) is 0 Å². The van der Waals surface area contributed by atoms with Gasteiger partial charge in [-0.05, 0) is 42.5 Å². The minimum atomic E-state index is -4.66. The van der Waals surface area contributed by atoms with Gasteiger partial charge in [-0.1, -0.05) is 11.8 Å². The van der Waals surface area contributed by atoms with Gasteiger partial charge >= 0.3 is 6.18 Å². The van der Waals surface area contributed by atoms with Crippen LogP contribution < -0.4 is 4.74 Å². The molecule has 0 atom stereocenters. The van der Waals surface area contributed by atoms with E-state index < -0.39 is 12.0 Å². The number of hydrogen-bond acceptors (Lipinski definition) is 6. The van der Waals surface area contributed by atoms with Crippen molar-refractivity contribution in [1.82, 2.24) is 24.8 Å². The second kappa shape index (κ2) is 6.88. The Morgan fingerprint density at radius 2 is 1.56 bits per heavy atom. The van der Waals surface area contributed by atoms with Crippen molar-refractivity contribution in [3.63, 3.8) is 0 Å². The third-order valence-electron chi connectivity index (χ3n) is 3.42. The average Bonchev–Trinajstić information content (AvgIpc) is 3.08. The molecule has 27 heavy (non-hydrogen) atoms. The number of alkyl halides is 3. The predicted octanol–water partition coefficient (Wildman–Crippen LogP) is 4.48. The number of nitrogens with zero attached hydrogens (tertiary/aromatic N) is 5. The van der Waals surface area contributed by atoms with Crippen LogP contribution in [0.5, 0.6) is 11.6 Å². The van der Waals surface area contributed by atoms with Gasteiger partial charge in [-0.3, -0.25) is 4.98 Å². The van der Waals surface area contributed by atoms with Crippen LogP contribution in [0.1, 0.15) is 5.82 Å². The Morgan fingerprint density at radius 3 is 2.26 bits per heavy atom. The molecule has 0 amide bonds. The van der Waals surface area contributed by atoms with Crippen molar-refractivity contribution in [3.05, 3.63) is 66.7 Å². The van der Waals surface area contributed by atoms with Crippen molar-refractivity contribution in [3.8, 4) is 11.6 Å². The van der Waals surface area contributed by atoms with E-state index in [-0.39, 0.29) is 11.5 Å². The van der Waals surface area contributed by atoms with Crippen molar-refractivity contribution < 1.29 is 17.9 Å². The topological polar surface area (TPSA) is 65.2 Å². The van der Waals surface area contributed by atoms with Crippen LogP contribution in [0.3, 0.4) is 0 Å². The number of rotatable bonds is 4. The van der Waals surface area contributed by atoms with Crippen LogP contribution in [0.2, 0.25) is 0 Å². The number of pyridine rings is 1. The Hall–Kier alpha value is -3.14. The molecule has 10 heteroatoms. The quantitative estimate of drug-likeness (QED) is 0.513. The third kappa shape index (κ3) is 3.85. The molecule has 0 N–H and O–H groups in total. The molecule has 3 heterocycles. The highest BCUT2D eigenvalue weighted by atomic mass is 32.2. The fourth-order valence-electron chi connectivity index (χ4n) is 2.24. The first-order valence-electron chi connectivity index (χ1n) is 7.64. The highest BCUT2D eigenvalue weighted by Crippen LogP contribution is 2.30. The Kier molecular flexibility index (Phi) is 4.40. The second-order valence-corrected chi connectivity index (χ2v) is 6.47. The molecule has 0 radical (unpaired) electrons. The van der Waals surface area contributed by atoms with Gasteiger partial charge in [0.25, 0.3) is 5.82 Å². The highest BCUT2D eigenvalue weighted by Gasteiger charge is 2.37. The van der Waals surface area contributed by atoms with Crippen LogP contribution in [0.15, 0.2) is 70.7 Å². The van der Waals surface area contributed by atoms with E-state index in [1.807, 2.05) is 24.3 Å². The molecule has 136 valence electrons. The van der Waals surface area contributed by atoms with Gasteiger partial charge in [0.2, 0.25) is 5.88 Å². The summed E-state index contributed by atoms with van der Waals surface area (Å²) in [4.78, 5) is 5.99. The number of hydrogen-bond donors (Lipinski definition) is 0. The summed E-state index contributed by atoms with van der Waals surface area (Å²) >= 11 is 1.55. The van der Waals surface area contributed by atoms with Crippen molar-refractivity contribution >= 4 is 17.4 Å². The number of fused-ring (bicyclic) bond motifs is 1. The SMILES string of the molecule is FC(F)(F)c1nnc2ccc(Oc3ccc(Sc4ccncc4)cc3)nn12. The molecule has 6 nitrogen and oxygen atoms in total. The maximum absolute atomic E-state index is 12.9. The lowest BCUT2D eigenvalue weighted by Gasteiger charge is -2.07. The summed E-state index contributed by atoms with van der Waals surface area (Å²) in [5.41, 5.74) is -0.0150. The van der Waals surface area contributed by atoms with E-state index >= 15 is 0 Å². The molecule has 4 aromatic rings. The average molecular weight is 389 g/mol. The molecule has 0 aliphatic rings. The Bertz CT molecular complexity index is 1070. The molecule has 0 spiro atoms. The van der Waals surface area contributed by atoms with Crippen molar-refractivity contribution in [2.75, 3.05) is 0 Å². The largest absolute Gasteiger partial charge is 0.453 e. The van der Waals surface area contributed by atoms with Crippen LogP contribution >= 0.6 is 11.8 Å². The van der Waals surface area contributed by atoms with E-state index in [1.165, 1.54) is 12.1 Å². The fraction of sp³-hybridized carbons (Fsp3) is 0.0588. The fourth-order valence-corrected chi connectivity index (χ4v) is 3.04. The minimum Gasteiger partial charge on any atom is -0.438 e. The lowest BCUT2D eigenvalue weighted by molar-refractivity contribution is -0.146. The zero-order chi connectivity index (χ0) is 18.9. The summed E-state index contributed by atoms with van der Waals surface area (Å²) in [5, 5.41) is 10.4. The second-order valence-electron chi connectivity index (χ2n) is 5.32. The summed E-state index contributed by atoms with van der Waals surface area (Å²) in [6.07, 6.45) is -1.24. The standard InChI is InChI=1S/C17H10F3N5OS/c18-17(19,20)16-23-22-14-5-6-15(24-25(14)16)26-11-1-3-12(4-2-11)27-13-7-9-21-10-8-13/h1-10H. The van der Waals surface area contributed by atoms with E-state index in [2.05, 4.69) is 20.3 Å². The van der Waals surface area contributed by atoms with Gasteiger partial charge in [0, 0.05) is 28.3 Å². The Morgan fingerprint density at radius 1 is 0.852 bits per heavy atom. The molecule has 4 rings (SSSR count). The smallest absolute Gasteiger partial charge is 0.438 e. The van der Waals surface area contributed by atoms with Crippen LogP contribution in [-0.2, 0) is 6.18 Å². The van der Waals surface area contributed by atoms with E-state index in [4.69, 9.17) is 4.74 Å². The summed E-state index contributed by atoms with van der Waals surface area (Å²) in [7, 11) is 0. The molecular weight excluding hydrogens is 379 g/mol. The Balaban J connectivity index is 1.53. The van der Waals surface area contributed by atoms with E-state index in [1.54, 1.807) is 36.3 Å². The molecule has 0 saturated heterocycles. The first kappa shape index (κ1) is 17.3. The summed E-state index contributed by atoms with van der Waals surface area (Å²) in [5.74, 6) is -0.753. The van der Waals surface area contributed by atoms with E-state index in [0.717, 1.165) is 9.79 Å². The van der Waals surface area contributed by atoms with Gasteiger partial charge < -0.3 is 4.74 Å². The Labute approximate surface area is 155 Å². The number of ether oxygens (including phenoxy) is 1. The van der Waals surface area contributed by atoms with Crippen molar-refractivity contribution in [2.45, 2.75) is 16.0 Å². The molecule has 0 unspecified atom stereocenters. The lowest BCUT2D eigenvalue weighted by atomic mass is 10.3. The molecule has 0 aliphatic heterocycles. The van der Waals surface area contributed by atoms with Crippen LogP contribution in [-0.4, -0.2) is 24.8 Å². The summed E-state index contributed by atoms with van der Waals surface area (Å²) in [6.45, 7) is 0. The maximum Gasteiger partial charge on any atom is 0.453 e. The normalized spacial score (nSPS) is 11.7. The van der Waals surface area contributed by atoms with Gasteiger partial charge in [-0.25, -0.2) is 0 Å². The first-order valence-corrected chi connectivity index (χ1v) is 8.46. The molecule has 0 bridgehead atoms. The lowest BCUT2D eigenvalue weighted by Crippen LogP contribution is -2.12. The molecule has 1 aromatic carbocycles. The minimum absolute atomic E-state index is 0.00216. The number of aromatic nitrogens is 5. The monoisotopic (exact) mass is 389 g/mol. The van der Waals surface area contributed by atoms with Gasteiger partial charge in [0.15, 0.2) is 5.65 Å². The van der Waals surface area contributed by atoms with E-state index in [0.29, 0.717) is 10.3 Å². The highest BCUT2D eigenvalue weighted by molar-refractivity contribution is 7.99. The van der Waals surface area contributed by atoms with Gasteiger partial charge in [-0.2, -0.15) is 17.7 Å². The van der Waals surface area contributed by atoms with E-state index in [9.17, 15) is 13.2 Å². The summed E-state index contributed by atoms with van der Waals surface area (Å²) in [6, 6.07) is 13.7. The van der Waals surface area contributed by atoms with Crippen molar-refractivity contribution in [2.24, 2.45) is 0 Å². The number of halogens is 3. The maximum atomic E-state index is 12.9. The van der Waals surface area contributed by atoms with Gasteiger partial charge in [-0.15, -0.1) is 15.3 Å². The number of benzene rings is 1. The first-order chi connectivity index (χ1) is 13.0. The molecule has 0 fully saturated rings. The van der Waals surface area contributed by atoms with Crippen LogP contribution in [0, 0.1) is 0 Å². The van der Waals surface area contributed by atoms with Gasteiger partial charge in [0.1, 0.15) is 5.75 Å². The molecule has 3 aromatic heterocycles. The zero-order valence-electron chi connectivity index (χ0n) is 13.5. The van der Waals surface area contributed by atoms with Crippen molar-refractivity contribution in [1.29, 1.82) is 0 Å². The molecule has 0 aliphatic carbocycles. The van der Waals surface area contributed by atoms with Crippen LogP contribution in [0.25, 0.3) is 5.65 Å². The molecule has 0 saturated carbocycles.